The number of hydrogen-bond acceptors (Lipinski definition) is 3. The van der Waals surface area contributed by atoms with Crippen LogP contribution in [0.3, 0.4) is 0 Å². The van der Waals surface area contributed by atoms with Crippen molar-refractivity contribution in [2.75, 3.05) is 33.0 Å². The summed E-state index contributed by atoms with van der Waals surface area (Å²) in [5.41, 5.74) is 0. The van der Waals surface area contributed by atoms with E-state index in [1.807, 2.05) is 0 Å². The third-order valence-electron chi connectivity index (χ3n) is 1.41. The number of morpholine rings is 1. The lowest BCUT2D eigenvalue weighted by Gasteiger charge is -2.25. The van der Waals surface area contributed by atoms with Crippen LogP contribution in [0.2, 0.25) is 0 Å². The summed E-state index contributed by atoms with van der Waals surface area (Å²) in [6, 6.07) is 0. The topological polar surface area (TPSA) is 21.7 Å². The van der Waals surface area contributed by atoms with Gasteiger partial charge in [-0.05, 0) is 0 Å². The monoisotopic (exact) mass is 183 g/mol. The van der Waals surface area contributed by atoms with Crippen molar-refractivity contribution in [3.8, 4) is 0 Å². The molecule has 0 amide bonds. The highest BCUT2D eigenvalue weighted by atomic mass is 35.7. The Balaban J connectivity index is 2.02. The van der Waals surface area contributed by atoms with E-state index in [-0.39, 0.29) is 8.16 Å². The second-order valence-corrected chi connectivity index (χ2v) is 2.99. The van der Waals surface area contributed by atoms with Crippen molar-refractivity contribution in [3.63, 3.8) is 0 Å². The molecule has 1 heterocycles. The van der Waals surface area contributed by atoms with Gasteiger partial charge in [0.15, 0.2) is 0 Å². The largest absolute Gasteiger partial charge is 0.379 e. The van der Waals surface area contributed by atoms with Gasteiger partial charge in [-0.15, -0.1) is 0 Å². The van der Waals surface area contributed by atoms with Gasteiger partial charge < -0.3 is 9.26 Å². The summed E-state index contributed by atoms with van der Waals surface area (Å²) in [6.45, 7) is 4.19. The zero-order valence-corrected chi connectivity index (χ0v) is 7.43. The predicted octanol–water partition coefficient (Wildman–Crippen LogP) is 1.04. The summed E-state index contributed by atoms with van der Waals surface area (Å²) in [5, 5.41) is 0. The molecule has 3 nitrogen and oxygen atoms in total. The molecule has 0 aromatic carbocycles. The van der Waals surface area contributed by atoms with E-state index in [0.29, 0.717) is 6.73 Å². The summed E-state index contributed by atoms with van der Waals surface area (Å²) >= 11 is 5.37. The first-order chi connectivity index (χ1) is 4.93. The van der Waals surface area contributed by atoms with Crippen molar-refractivity contribution < 1.29 is 9.26 Å². The molecule has 1 atom stereocenters. The normalized spacial score (nSPS) is 22.5. The zero-order valence-electron chi connectivity index (χ0n) is 5.68. The average molecular weight is 184 g/mol. The summed E-state index contributed by atoms with van der Waals surface area (Å²) in [7, 11) is 0.0719. The Morgan fingerprint density at radius 1 is 1.50 bits per heavy atom. The molecule has 0 bridgehead atoms. The van der Waals surface area contributed by atoms with Crippen molar-refractivity contribution >= 4 is 19.4 Å². The molecule has 0 saturated carbocycles. The Kier molecular flexibility index (Phi) is 4.59. The van der Waals surface area contributed by atoms with Gasteiger partial charge in [0.05, 0.1) is 13.2 Å². The molecule has 1 saturated heterocycles. The van der Waals surface area contributed by atoms with Crippen LogP contribution in [0.1, 0.15) is 0 Å². The third kappa shape index (κ3) is 3.13. The molecule has 0 radical (unpaired) electrons. The van der Waals surface area contributed by atoms with Crippen molar-refractivity contribution in [3.05, 3.63) is 0 Å². The molecule has 1 unspecified atom stereocenters. The van der Waals surface area contributed by atoms with Crippen LogP contribution in [-0.4, -0.2) is 37.9 Å². The molecule has 0 spiro atoms. The van der Waals surface area contributed by atoms with E-state index in [4.69, 9.17) is 20.5 Å². The van der Waals surface area contributed by atoms with E-state index in [2.05, 4.69) is 4.90 Å². The maximum atomic E-state index is 5.37. The molecule has 5 heteroatoms. The fraction of sp³-hybridized carbons (Fsp3) is 1.00. The maximum Gasteiger partial charge on any atom is 0.112 e. The molecule has 1 aliphatic heterocycles. The standard InChI is InChI=1S/C5H11ClNO2P/c6-10-9-5-7-1-3-8-4-2-7/h10H,1-5H2. The average Bonchev–Trinajstić information content (AvgIpc) is 2.03. The second kappa shape index (κ2) is 5.28. The smallest absolute Gasteiger partial charge is 0.112 e. The van der Waals surface area contributed by atoms with Crippen LogP contribution in [0.4, 0.5) is 0 Å². The predicted molar refractivity (Wildman–Crippen MR) is 42.5 cm³/mol. The fourth-order valence-corrected chi connectivity index (χ4v) is 1.22. The van der Waals surface area contributed by atoms with Gasteiger partial charge in [-0.3, -0.25) is 4.90 Å². The minimum atomic E-state index is 0.0719. The van der Waals surface area contributed by atoms with Crippen LogP contribution in [0.25, 0.3) is 0 Å². The summed E-state index contributed by atoms with van der Waals surface area (Å²) in [4.78, 5) is 2.18. The van der Waals surface area contributed by atoms with Gasteiger partial charge in [0.1, 0.15) is 14.9 Å². The SMILES string of the molecule is ClPOCN1CCOCC1. The van der Waals surface area contributed by atoms with Gasteiger partial charge in [0, 0.05) is 13.1 Å². The Morgan fingerprint density at radius 2 is 2.20 bits per heavy atom. The van der Waals surface area contributed by atoms with Crippen molar-refractivity contribution in [2.24, 2.45) is 0 Å². The minimum absolute atomic E-state index is 0.0719. The third-order valence-corrected chi connectivity index (χ3v) is 1.97. The summed E-state index contributed by atoms with van der Waals surface area (Å²) < 4.78 is 10.2. The van der Waals surface area contributed by atoms with Crippen LogP contribution in [0.15, 0.2) is 0 Å². The fourth-order valence-electron chi connectivity index (χ4n) is 0.846. The van der Waals surface area contributed by atoms with E-state index < -0.39 is 0 Å². The molecular weight excluding hydrogens is 172 g/mol. The van der Waals surface area contributed by atoms with E-state index in [1.165, 1.54) is 0 Å². The molecule has 0 N–H and O–H groups in total. The molecule has 10 heavy (non-hydrogen) atoms. The summed E-state index contributed by atoms with van der Waals surface area (Å²) in [6.07, 6.45) is 0. The lowest BCUT2D eigenvalue weighted by Crippen LogP contribution is -2.36. The van der Waals surface area contributed by atoms with Crippen molar-refractivity contribution in [1.82, 2.24) is 4.90 Å². The maximum absolute atomic E-state index is 5.37. The quantitative estimate of drug-likeness (QED) is 0.611. The van der Waals surface area contributed by atoms with Gasteiger partial charge in [0.2, 0.25) is 0 Å². The molecule has 0 aromatic heterocycles. The first-order valence-corrected chi connectivity index (χ1v) is 5.13. The molecule has 1 fully saturated rings. The Labute approximate surface area is 67.3 Å². The zero-order chi connectivity index (χ0) is 7.23. The molecule has 60 valence electrons. The number of rotatable bonds is 3. The van der Waals surface area contributed by atoms with Crippen LogP contribution in [0, 0.1) is 0 Å². The van der Waals surface area contributed by atoms with Gasteiger partial charge >= 0.3 is 0 Å². The number of hydrogen-bond donors (Lipinski definition) is 0. The van der Waals surface area contributed by atoms with Gasteiger partial charge in [-0.1, -0.05) is 11.2 Å². The second-order valence-electron chi connectivity index (χ2n) is 2.08. The first-order valence-electron chi connectivity index (χ1n) is 3.21. The first kappa shape index (κ1) is 8.69. The Hall–Kier alpha value is 0.600. The van der Waals surface area contributed by atoms with Crippen LogP contribution in [0.5, 0.6) is 0 Å². The van der Waals surface area contributed by atoms with E-state index in [9.17, 15) is 0 Å². The van der Waals surface area contributed by atoms with E-state index in [1.54, 1.807) is 0 Å². The van der Waals surface area contributed by atoms with Gasteiger partial charge in [-0.2, -0.15) is 0 Å². The van der Waals surface area contributed by atoms with E-state index in [0.717, 1.165) is 26.3 Å². The summed E-state index contributed by atoms with van der Waals surface area (Å²) in [5.74, 6) is 0. The van der Waals surface area contributed by atoms with Gasteiger partial charge in [-0.25, -0.2) is 0 Å². The molecule has 1 aliphatic rings. The van der Waals surface area contributed by atoms with Crippen molar-refractivity contribution in [2.45, 2.75) is 0 Å². The van der Waals surface area contributed by atoms with E-state index >= 15 is 0 Å². The number of nitrogens with zero attached hydrogens (tertiary/aromatic N) is 1. The van der Waals surface area contributed by atoms with Crippen LogP contribution in [-0.2, 0) is 9.26 Å². The molecular formula is C5H11ClNO2P. The Bertz CT molecular complexity index is 89.7. The van der Waals surface area contributed by atoms with Gasteiger partial charge in [0.25, 0.3) is 0 Å². The number of ether oxygens (including phenoxy) is 1. The van der Waals surface area contributed by atoms with Crippen LogP contribution >= 0.6 is 19.4 Å². The lowest BCUT2D eigenvalue weighted by molar-refractivity contribution is 0.00816. The molecule has 1 rings (SSSR count). The van der Waals surface area contributed by atoms with Crippen LogP contribution < -0.4 is 0 Å². The van der Waals surface area contributed by atoms with Crippen molar-refractivity contribution in [1.29, 1.82) is 0 Å². The molecule has 0 aromatic rings. The number of halogens is 1. The molecule has 0 aliphatic carbocycles. The highest BCUT2D eigenvalue weighted by Crippen LogP contribution is 2.17. The minimum Gasteiger partial charge on any atom is -0.379 e. The highest BCUT2D eigenvalue weighted by molar-refractivity contribution is 7.64. The lowest BCUT2D eigenvalue weighted by atomic mass is 10.5. The highest BCUT2D eigenvalue weighted by Gasteiger charge is 2.08. The Morgan fingerprint density at radius 3 is 2.80 bits per heavy atom.